The zero-order valence-corrected chi connectivity index (χ0v) is 15.5. The second-order valence-corrected chi connectivity index (χ2v) is 5.52. The van der Waals surface area contributed by atoms with Crippen molar-refractivity contribution in [2.45, 2.75) is 38.1 Å². The van der Waals surface area contributed by atoms with Gasteiger partial charge in [0.05, 0.1) is 12.1 Å². The lowest BCUT2D eigenvalue weighted by molar-refractivity contribution is 0.0952. The number of nitrogens with zero attached hydrogens (tertiary/aromatic N) is 1. The van der Waals surface area contributed by atoms with Crippen LogP contribution in [0, 0.1) is 0 Å². The summed E-state index contributed by atoms with van der Waals surface area (Å²) in [5.41, 5.74) is 6.11. The van der Waals surface area contributed by atoms with Gasteiger partial charge in [-0.15, -0.1) is 24.0 Å². The summed E-state index contributed by atoms with van der Waals surface area (Å²) in [7, 11) is 0. The minimum Gasteiger partial charge on any atom is -0.507 e. The maximum Gasteiger partial charge on any atom is 0.255 e. The molecule has 6 nitrogen and oxygen atoms in total. The van der Waals surface area contributed by atoms with Crippen molar-refractivity contribution in [1.29, 1.82) is 0 Å². The van der Waals surface area contributed by atoms with Gasteiger partial charge in [-0.25, -0.2) is 0 Å². The molecule has 1 aliphatic carbocycles. The van der Waals surface area contributed by atoms with Crippen molar-refractivity contribution in [3.8, 4) is 5.75 Å². The first kappa shape index (κ1) is 19.5. The average molecular weight is 432 g/mol. The van der Waals surface area contributed by atoms with Crippen LogP contribution in [0.25, 0.3) is 0 Å². The van der Waals surface area contributed by atoms with Gasteiger partial charge in [-0.1, -0.05) is 31.4 Å². The molecular weight excluding hydrogens is 407 g/mol. The van der Waals surface area contributed by atoms with E-state index in [2.05, 4.69) is 15.6 Å². The molecule has 1 aromatic rings. The first-order valence-electron chi connectivity index (χ1n) is 7.79. The number of halogens is 1. The zero-order chi connectivity index (χ0) is 15.8. The van der Waals surface area contributed by atoms with Crippen molar-refractivity contribution in [1.82, 2.24) is 10.6 Å². The Morgan fingerprint density at radius 2 is 1.96 bits per heavy atom. The van der Waals surface area contributed by atoms with Gasteiger partial charge in [0.15, 0.2) is 5.96 Å². The van der Waals surface area contributed by atoms with Crippen molar-refractivity contribution in [3.63, 3.8) is 0 Å². The Kier molecular flexibility index (Phi) is 8.75. The fraction of sp³-hybridized carbons (Fsp3) is 0.500. The molecule has 0 unspecified atom stereocenters. The van der Waals surface area contributed by atoms with Crippen LogP contribution in [0.2, 0.25) is 0 Å². The summed E-state index contributed by atoms with van der Waals surface area (Å²) in [5.74, 6) is 0.0952. The fourth-order valence-electron chi connectivity index (χ4n) is 2.61. The minimum absolute atomic E-state index is 0. The Morgan fingerprint density at radius 3 is 2.65 bits per heavy atom. The predicted octanol–water partition coefficient (Wildman–Crippen LogP) is 1.98. The minimum atomic E-state index is -0.313. The second kappa shape index (κ2) is 10.3. The third-order valence-corrected chi connectivity index (χ3v) is 3.79. The third-order valence-electron chi connectivity index (χ3n) is 3.79. The smallest absolute Gasteiger partial charge is 0.255 e. The van der Waals surface area contributed by atoms with Gasteiger partial charge in [0.2, 0.25) is 0 Å². The summed E-state index contributed by atoms with van der Waals surface area (Å²) in [6.07, 6.45) is 6.05. The van der Waals surface area contributed by atoms with E-state index in [1.807, 2.05) is 0 Å². The molecule has 0 saturated heterocycles. The largest absolute Gasteiger partial charge is 0.507 e. The number of guanidine groups is 1. The molecule has 0 aliphatic heterocycles. The standard InChI is InChI=1S/C16H24N4O2.HI/c17-16(20-12-6-2-1-3-7-12)19-11-10-18-15(22)13-8-4-5-9-14(13)21;/h4-5,8-9,12,21H,1-3,6-7,10-11H2,(H,18,22)(H3,17,19,20);1H. The molecule has 1 amide bonds. The molecule has 0 bridgehead atoms. The van der Waals surface area contributed by atoms with Gasteiger partial charge in [-0.2, -0.15) is 0 Å². The van der Waals surface area contributed by atoms with E-state index in [0.29, 0.717) is 25.1 Å². The zero-order valence-electron chi connectivity index (χ0n) is 13.1. The summed E-state index contributed by atoms with van der Waals surface area (Å²) in [6, 6.07) is 6.87. The van der Waals surface area contributed by atoms with E-state index in [1.54, 1.807) is 18.2 Å². The Bertz CT molecular complexity index is 531. The van der Waals surface area contributed by atoms with Crippen molar-refractivity contribution in [3.05, 3.63) is 29.8 Å². The number of nitrogens with one attached hydrogen (secondary N) is 2. The summed E-state index contributed by atoms with van der Waals surface area (Å²) >= 11 is 0. The van der Waals surface area contributed by atoms with E-state index in [0.717, 1.165) is 12.8 Å². The SMILES string of the molecule is I.NC(=NCCNC(=O)c1ccccc1O)NC1CCCCC1. The number of carbonyl (C=O) groups is 1. The number of phenols is 1. The quantitative estimate of drug-likeness (QED) is 0.248. The van der Waals surface area contributed by atoms with Crippen molar-refractivity contribution < 1.29 is 9.90 Å². The molecule has 1 aromatic carbocycles. The first-order valence-corrected chi connectivity index (χ1v) is 7.79. The Balaban J connectivity index is 0.00000264. The summed E-state index contributed by atoms with van der Waals surface area (Å²) in [5, 5.41) is 15.5. The number of aromatic hydroxyl groups is 1. The first-order chi connectivity index (χ1) is 10.7. The van der Waals surface area contributed by atoms with E-state index in [1.165, 1.54) is 25.3 Å². The molecular formula is C16H25IN4O2. The molecule has 5 N–H and O–H groups in total. The van der Waals surface area contributed by atoms with Gasteiger partial charge in [-0.05, 0) is 25.0 Å². The third kappa shape index (κ3) is 6.64. The van der Waals surface area contributed by atoms with Crippen LogP contribution in [0.3, 0.4) is 0 Å². The number of benzene rings is 1. The van der Waals surface area contributed by atoms with Crippen molar-refractivity contribution >= 4 is 35.8 Å². The Hall–Kier alpha value is -1.51. The van der Waals surface area contributed by atoms with Gasteiger partial charge in [0.25, 0.3) is 5.91 Å². The van der Waals surface area contributed by atoms with E-state index >= 15 is 0 Å². The lowest BCUT2D eigenvalue weighted by Gasteiger charge is -2.23. The van der Waals surface area contributed by atoms with Gasteiger partial charge < -0.3 is 21.5 Å². The summed E-state index contributed by atoms with van der Waals surface area (Å²) < 4.78 is 0. The van der Waals surface area contributed by atoms with Crippen LogP contribution in [-0.4, -0.2) is 36.1 Å². The fourth-order valence-corrected chi connectivity index (χ4v) is 2.61. The van der Waals surface area contributed by atoms with Crippen molar-refractivity contribution in [2.75, 3.05) is 13.1 Å². The van der Waals surface area contributed by atoms with Crippen LogP contribution in [0.4, 0.5) is 0 Å². The molecule has 128 valence electrons. The highest BCUT2D eigenvalue weighted by atomic mass is 127. The average Bonchev–Trinajstić information content (AvgIpc) is 2.53. The van der Waals surface area contributed by atoms with Gasteiger partial charge in [0.1, 0.15) is 5.75 Å². The summed E-state index contributed by atoms with van der Waals surface area (Å²) in [4.78, 5) is 16.1. The lowest BCUT2D eigenvalue weighted by atomic mass is 9.96. The van der Waals surface area contributed by atoms with Crippen LogP contribution < -0.4 is 16.4 Å². The Morgan fingerprint density at radius 1 is 1.26 bits per heavy atom. The molecule has 0 atom stereocenters. The molecule has 7 heteroatoms. The number of phenolic OH excluding ortho intramolecular Hbond substituents is 1. The number of hydrogen-bond donors (Lipinski definition) is 4. The number of rotatable bonds is 5. The Labute approximate surface area is 154 Å². The lowest BCUT2D eigenvalue weighted by Crippen LogP contribution is -2.41. The van der Waals surface area contributed by atoms with E-state index in [4.69, 9.17) is 5.73 Å². The number of hydrogen-bond acceptors (Lipinski definition) is 3. The van der Waals surface area contributed by atoms with Gasteiger partial charge in [-0.3, -0.25) is 9.79 Å². The highest BCUT2D eigenvalue weighted by Crippen LogP contribution is 2.17. The van der Waals surface area contributed by atoms with Crippen LogP contribution in [0.5, 0.6) is 5.75 Å². The highest BCUT2D eigenvalue weighted by Gasteiger charge is 2.13. The molecule has 1 aliphatic rings. The molecule has 1 fully saturated rings. The van der Waals surface area contributed by atoms with Gasteiger partial charge in [0, 0.05) is 12.6 Å². The van der Waals surface area contributed by atoms with E-state index < -0.39 is 0 Å². The number of amides is 1. The van der Waals surface area contributed by atoms with Crippen LogP contribution in [0.1, 0.15) is 42.5 Å². The van der Waals surface area contributed by atoms with Crippen LogP contribution in [-0.2, 0) is 0 Å². The number of para-hydroxylation sites is 1. The molecule has 0 aromatic heterocycles. The van der Waals surface area contributed by atoms with Crippen LogP contribution >= 0.6 is 24.0 Å². The number of carbonyl (C=O) groups excluding carboxylic acids is 1. The van der Waals surface area contributed by atoms with Crippen molar-refractivity contribution in [2.24, 2.45) is 10.7 Å². The summed E-state index contributed by atoms with van der Waals surface area (Å²) in [6.45, 7) is 0.783. The maximum absolute atomic E-state index is 11.9. The normalized spacial score (nSPS) is 15.6. The molecule has 0 spiro atoms. The van der Waals surface area contributed by atoms with Gasteiger partial charge >= 0.3 is 0 Å². The van der Waals surface area contributed by atoms with Crippen LogP contribution in [0.15, 0.2) is 29.3 Å². The molecule has 0 radical (unpaired) electrons. The monoisotopic (exact) mass is 432 g/mol. The molecule has 23 heavy (non-hydrogen) atoms. The molecule has 2 rings (SSSR count). The molecule has 0 heterocycles. The van der Waals surface area contributed by atoms with E-state index in [-0.39, 0.29) is 41.2 Å². The maximum atomic E-state index is 11.9. The second-order valence-electron chi connectivity index (χ2n) is 5.52. The van der Waals surface area contributed by atoms with E-state index in [9.17, 15) is 9.90 Å². The number of nitrogens with two attached hydrogens (primary N) is 1. The number of aliphatic imine (C=N–C) groups is 1. The predicted molar refractivity (Wildman–Crippen MR) is 102 cm³/mol. The molecule has 1 saturated carbocycles. The highest BCUT2D eigenvalue weighted by molar-refractivity contribution is 14.0. The topological polar surface area (TPSA) is 99.7 Å².